The Balaban J connectivity index is 2.81. The van der Waals surface area contributed by atoms with Crippen LogP contribution in [0.5, 0.6) is 0 Å². The first-order chi connectivity index (χ1) is 10.6. The number of carbonyl (C=O) groups is 3. The van der Waals surface area contributed by atoms with Crippen molar-refractivity contribution in [1.29, 1.82) is 0 Å². The second-order valence-corrected chi connectivity index (χ2v) is 5.86. The van der Waals surface area contributed by atoms with Crippen molar-refractivity contribution in [2.45, 2.75) is 38.8 Å². The summed E-state index contributed by atoms with van der Waals surface area (Å²) in [6.45, 7) is 4.99. The summed E-state index contributed by atoms with van der Waals surface area (Å²) in [5.41, 5.74) is -0.651. The highest BCUT2D eigenvalue weighted by molar-refractivity contribution is 5.99. The van der Waals surface area contributed by atoms with Crippen molar-refractivity contribution in [1.82, 2.24) is 5.32 Å². The van der Waals surface area contributed by atoms with Gasteiger partial charge < -0.3 is 14.8 Å². The van der Waals surface area contributed by atoms with Gasteiger partial charge in [0.1, 0.15) is 17.5 Å². The van der Waals surface area contributed by atoms with Crippen LogP contribution in [0.4, 0.5) is 9.18 Å². The lowest BCUT2D eigenvalue weighted by Crippen LogP contribution is -2.45. The first kappa shape index (κ1) is 18.6. The molecule has 7 heteroatoms. The maximum Gasteiger partial charge on any atom is 0.408 e. The molecule has 0 saturated carbocycles. The molecule has 0 unspecified atom stereocenters. The minimum atomic E-state index is -1.22. The van der Waals surface area contributed by atoms with Crippen LogP contribution in [-0.2, 0) is 14.3 Å². The molecular weight excluding hydrogens is 305 g/mol. The van der Waals surface area contributed by atoms with E-state index in [2.05, 4.69) is 10.1 Å². The molecular formula is C16H20FNO5. The van der Waals surface area contributed by atoms with Crippen LogP contribution in [0, 0.1) is 5.82 Å². The number of hydrogen-bond donors (Lipinski definition) is 1. The highest BCUT2D eigenvalue weighted by Crippen LogP contribution is 2.11. The third-order valence-electron chi connectivity index (χ3n) is 2.71. The van der Waals surface area contributed by atoms with Crippen molar-refractivity contribution in [3.05, 3.63) is 35.6 Å². The van der Waals surface area contributed by atoms with E-state index in [-0.39, 0.29) is 12.0 Å². The van der Waals surface area contributed by atoms with Gasteiger partial charge in [-0.2, -0.15) is 0 Å². The van der Waals surface area contributed by atoms with Gasteiger partial charge in [-0.25, -0.2) is 14.0 Å². The average Bonchev–Trinajstić information content (AvgIpc) is 2.43. The standard InChI is InChI=1S/C16H20FNO5/c1-16(2,3)23-15(21)18-12(14(20)22-4)9-13(19)10-6-5-7-11(17)8-10/h5-8,12H,9H2,1-4H3,(H,18,21)/t12-/m0/s1. The van der Waals surface area contributed by atoms with E-state index in [1.807, 2.05) is 0 Å². The Morgan fingerprint density at radius 2 is 1.91 bits per heavy atom. The summed E-state index contributed by atoms with van der Waals surface area (Å²) in [5, 5.41) is 2.29. The topological polar surface area (TPSA) is 81.7 Å². The molecule has 1 aromatic rings. The molecule has 0 saturated heterocycles. The molecule has 0 heterocycles. The van der Waals surface area contributed by atoms with E-state index >= 15 is 0 Å². The summed E-state index contributed by atoms with van der Waals surface area (Å²) in [7, 11) is 1.14. The second-order valence-electron chi connectivity index (χ2n) is 5.86. The van der Waals surface area contributed by atoms with Gasteiger partial charge >= 0.3 is 12.1 Å². The number of esters is 1. The Hall–Kier alpha value is -2.44. The van der Waals surface area contributed by atoms with Crippen LogP contribution in [0.15, 0.2) is 24.3 Å². The number of methoxy groups -OCH3 is 1. The van der Waals surface area contributed by atoms with Crippen LogP contribution in [0.1, 0.15) is 37.6 Å². The molecule has 23 heavy (non-hydrogen) atoms. The van der Waals surface area contributed by atoms with E-state index in [1.54, 1.807) is 20.8 Å². The zero-order valence-electron chi connectivity index (χ0n) is 13.5. The minimum Gasteiger partial charge on any atom is -0.467 e. The van der Waals surface area contributed by atoms with Gasteiger partial charge in [-0.15, -0.1) is 0 Å². The van der Waals surface area contributed by atoms with Crippen LogP contribution in [-0.4, -0.2) is 36.6 Å². The fourth-order valence-corrected chi connectivity index (χ4v) is 1.75. The van der Waals surface area contributed by atoms with E-state index < -0.39 is 35.3 Å². The van der Waals surface area contributed by atoms with E-state index in [9.17, 15) is 18.8 Å². The van der Waals surface area contributed by atoms with Crippen LogP contribution >= 0.6 is 0 Å². The largest absolute Gasteiger partial charge is 0.467 e. The van der Waals surface area contributed by atoms with Crippen molar-refractivity contribution >= 4 is 17.8 Å². The molecule has 1 rings (SSSR count). The van der Waals surface area contributed by atoms with Gasteiger partial charge in [0.2, 0.25) is 0 Å². The number of hydrogen-bond acceptors (Lipinski definition) is 5. The summed E-state index contributed by atoms with van der Waals surface area (Å²) in [5.74, 6) is -1.86. The summed E-state index contributed by atoms with van der Waals surface area (Å²) in [6, 6.07) is 3.85. The highest BCUT2D eigenvalue weighted by atomic mass is 19.1. The molecule has 1 aromatic carbocycles. The smallest absolute Gasteiger partial charge is 0.408 e. The first-order valence-electron chi connectivity index (χ1n) is 6.98. The van der Waals surface area contributed by atoms with Crippen LogP contribution in [0.3, 0.4) is 0 Å². The summed E-state index contributed by atoms with van der Waals surface area (Å²) >= 11 is 0. The van der Waals surface area contributed by atoms with Crippen LogP contribution < -0.4 is 5.32 Å². The molecule has 1 amide bonds. The molecule has 0 spiro atoms. The Labute approximate surface area is 134 Å². The average molecular weight is 325 g/mol. The van der Waals surface area contributed by atoms with Gasteiger partial charge in [0.15, 0.2) is 5.78 Å². The van der Waals surface area contributed by atoms with Gasteiger partial charge in [0.05, 0.1) is 7.11 Å². The SMILES string of the molecule is COC(=O)[C@H](CC(=O)c1cccc(F)c1)NC(=O)OC(C)(C)C. The lowest BCUT2D eigenvalue weighted by atomic mass is 10.0. The zero-order valence-corrected chi connectivity index (χ0v) is 13.5. The number of benzene rings is 1. The number of Topliss-reactive ketones (excluding diaryl/α,β-unsaturated/α-hetero) is 1. The zero-order chi connectivity index (χ0) is 17.6. The maximum absolute atomic E-state index is 13.2. The summed E-state index contributed by atoms with van der Waals surface area (Å²) in [4.78, 5) is 35.6. The quantitative estimate of drug-likeness (QED) is 0.664. The first-order valence-corrected chi connectivity index (χ1v) is 6.98. The molecule has 0 aliphatic carbocycles. The van der Waals surface area contributed by atoms with Crippen molar-refractivity contribution in [3.8, 4) is 0 Å². The van der Waals surface area contributed by atoms with E-state index in [1.165, 1.54) is 18.2 Å². The van der Waals surface area contributed by atoms with Gasteiger partial charge in [-0.1, -0.05) is 12.1 Å². The van der Waals surface area contributed by atoms with Crippen molar-refractivity contribution in [2.24, 2.45) is 0 Å². The predicted molar refractivity (Wildman–Crippen MR) is 80.5 cm³/mol. The fraction of sp³-hybridized carbons (Fsp3) is 0.438. The highest BCUT2D eigenvalue weighted by Gasteiger charge is 2.27. The van der Waals surface area contributed by atoms with Gasteiger partial charge in [0.25, 0.3) is 0 Å². The second kappa shape index (κ2) is 7.71. The number of ketones is 1. The molecule has 0 aromatic heterocycles. The Kier molecular flexibility index (Phi) is 6.24. The Morgan fingerprint density at radius 3 is 2.43 bits per heavy atom. The molecule has 0 radical (unpaired) electrons. The maximum atomic E-state index is 13.2. The minimum absolute atomic E-state index is 0.102. The van der Waals surface area contributed by atoms with Crippen LogP contribution in [0.2, 0.25) is 0 Å². The molecule has 0 fully saturated rings. The lowest BCUT2D eigenvalue weighted by molar-refractivity contribution is -0.143. The van der Waals surface area contributed by atoms with Crippen molar-refractivity contribution in [3.63, 3.8) is 0 Å². The molecule has 6 nitrogen and oxygen atoms in total. The number of alkyl carbamates (subject to hydrolysis) is 1. The summed E-state index contributed by atoms with van der Waals surface area (Å²) < 4.78 is 22.8. The number of ether oxygens (including phenoxy) is 2. The number of rotatable bonds is 5. The Bertz CT molecular complexity index is 594. The molecule has 0 aliphatic rings. The van der Waals surface area contributed by atoms with Crippen LogP contribution in [0.25, 0.3) is 0 Å². The molecule has 1 N–H and O–H groups in total. The normalized spacial score (nSPS) is 12.2. The number of nitrogens with one attached hydrogen (secondary N) is 1. The monoisotopic (exact) mass is 325 g/mol. The number of amides is 1. The third-order valence-corrected chi connectivity index (χ3v) is 2.71. The third kappa shape index (κ3) is 6.46. The predicted octanol–water partition coefficient (Wildman–Crippen LogP) is 2.46. The molecule has 0 aliphatic heterocycles. The molecule has 0 bridgehead atoms. The van der Waals surface area contributed by atoms with Crippen molar-refractivity contribution < 1.29 is 28.2 Å². The molecule has 126 valence electrons. The van der Waals surface area contributed by atoms with Crippen molar-refractivity contribution in [2.75, 3.05) is 7.11 Å². The molecule has 1 atom stereocenters. The lowest BCUT2D eigenvalue weighted by Gasteiger charge is -2.22. The van der Waals surface area contributed by atoms with Gasteiger partial charge in [-0.05, 0) is 32.9 Å². The number of halogens is 1. The van der Waals surface area contributed by atoms with Gasteiger partial charge in [0, 0.05) is 12.0 Å². The number of carbonyl (C=O) groups excluding carboxylic acids is 3. The van der Waals surface area contributed by atoms with E-state index in [0.717, 1.165) is 13.2 Å². The fourth-order valence-electron chi connectivity index (χ4n) is 1.75. The Morgan fingerprint density at radius 1 is 1.26 bits per heavy atom. The van der Waals surface area contributed by atoms with E-state index in [0.29, 0.717) is 0 Å². The van der Waals surface area contributed by atoms with E-state index in [4.69, 9.17) is 4.74 Å². The summed E-state index contributed by atoms with van der Waals surface area (Å²) in [6.07, 6.45) is -1.21. The van der Waals surface area contributed by atoms with Gasteiger partial charge in [-0.3, -0.25) is 4.79 Å².